The summed E-state index contributed by atoms with van der Waals surface area (Å²) in [6.45, 7) is 2.01. The molecule has 0 spiro atoms. The zero-order valence-electron chi connectivity index (χ0n) is 14.8. The average Bonchev–Trinajstić information content (AvgIpc) is 3.47. The van der Waals surface area contributed by atoms with Crippen molar-refractivity contribution in [1.82, 2.24) is 4.40 Å². The van der Waals surface area contributed by atoms with Gasteiger partial charge in [0.25, 0.3) is 5.56 Å². The molecule has 1 aromatic carbocycles. The summed E-state index contributed by atoms with van der Waals surface area (Å²) in [4.78, 5) is 24.1. The standard InChI is InChI=1S/C21H19FN2O3/c1-11-15(13-4-5-14(10-23)18(22)8-13)6-7-24-19(11)16(12-2-3-12)9-17(20(24)25)21(26)27/h4-9,12H,2-3,10,23H2,1H3,(H,26,27). The highest BCUT2D eigenvalue weighted by Gasteiger charge is 2.29. The van der Waals surface area contributed by atoms with E-state index < -0.39 is 11.5 Å². The summed E-state index contributed by atoms with van der Waals surface area (Å²) in [5.41, 5.74) is 9.11. The summed E-state index contributed by atoms with van der Waals surface area (Å²) in [5, 5.41) is 9.37. The van der Waals surface area contributed by atoms with E-state index >= 15 is 0 Å². The normalized spacial score (nSPS) is 13.9. The molecule has 2 aromatic heterocycles. The fourth-order valence-corrected chi connectivity index (χ4v) is 3.65. The Balaban J connectivity index is 2.01. The number of halogens is 1. The van der Waals surface area contributed by atoms with Crippen molar-refractivity contribution in [3.8, 4) is 11.1 Å². The third-order valence-electron chi connectivity index (χ3n) is 5.24. The van der Waals surface area contributed by atoms with Gasteiger partial charge in [0, 0.05) is 18.3 Å². The van der Waals surface area contributed by atoms with Crippen molar-refractivity contribution in [2.75, 3.05) is 0 Å². The second-order valence-corrected chi connectivity index (χ2v) is 6.98. The Bertz CT molecular complexity index is 1150. The lowest BCUT2D eigenvalue weighted by molar-refractivity contribution is 0.0694. The first kappa shape index (κ1) is 17.4. The van der Waals surface area contributed by atoms with Crippen molar-refractivity contribution in [2.45, 2.75) is 32.2 Å². The third kappa shape index (κ3) is 2.82. The van der Waals surface area contributed by atoms with Crippen LogP contribution in [0, 0.1) is 12.7 Å². The number of benzene rings is 1. The maximum Gasteiger partial charge on any atom is 0.341 e. The first-order chi connectivity index (χ1) is 12.9. The number of aryl methyl sites for hydroxylation is 1. The Kier molecular flexibility index (Phi) is 4.08. The molecule has 0 aliphatic heterocycles. The van der Waals surface area contributed by atoms with E-state index in [1.165, 1.54) is 16.5 Å². The molecule has 0 unspecified atom stereocenters. The largest absolute Gasteiger partial charge is 0.477 e. The molecule has 138 valence electrons. The summed E-state index contributed by atoms with van der Waals surface area (Å²) < 4.78 is 15.6. The Morgan fingerprint density at radius 3 is 2.63 bits per heavy atom. The van der Waals surface area contributed by atoms with Gasteiger partial charge >= 0.3 is 5.97 Å². The van der Waals surface area contributed by atoms with Gasteiger partial charge in [0.2, 0.25) is 0 Å². The molecule has 0 atom stereocenters. The van der Waals surface area contributed by atoms with Gasteiger partial charge in [-0.05, 0) is 66.1 Å². The number of aromatic carboxylic acids is 1. The van der Waals surface area contributed by atoms with Gasteiger partial charge in [0.1, 0.15) is 11.4 Å². The lowest BCUT2D eigenvalue weighted by atomic mass is 9.96. The highest BCUT2D eigenvalue weighted by atomic mass is 19.1. The predicted octanol–water partition coefficient (Wildman–Crippen LogP) is 3.45. The van der Waals surface area contributed by atoms with Gasteiger partial charge in [-0.3, -0.25) is 9.20 Å². The quantitative estimate of drug-likeness (QED) is 0.741. The molecule has 3 aromatic rings. The molecule has 1 saturated carbocycles. The van der Waals surface area contributed by atoms with Crippen molar-refractivity contribution >= 4 is 11.5 Å². The van der Waals surface area contributed by atoms with Crippen LogP contribution < -0.4 is 11.3 Å². The number of fused-ring (bicyclic) bond motifs is 1. The van der Waals surface area contributed by atoms with Gasteiger partial charge in [-0.15, -0.1) is 0 Å². The van der Waals surface area contributed by atoms with Crippen LogP contribution in [-0.2, 0) is 6.54 Å². The van der Waals surface area contributed by atoms with Crippen LogP contribution in [0.5, 0.6) is 0 Å². The Morgan fingerprint density at radius 1 is 1.30 bits per heavy atom. The van der Waals surface area contributed by atoms with Crippen LogP contribution in [0.15, 0.2) is 41.3 Å². The number of nitrogens with two attached hydrogens (primary N) is 1. The smallest absolute Gasteiger partial charge is 0.341 e. The number of aromatic nitrogens is 1. The lowest BCUT2D eigenvalue weighted by Gasteiger charge is -2.15. The van der Waals surface area contributed by atoms with Crippen LogP contribution in [0.4, 0.5) is 4.39 Å². The molecule has 0 amide bonds. The SMILES string of the molecule is Cc1c(-c2ccc(CN)c(F)c2)ccn2c(=O)c(C(=O)O)cc(C3CC3)c12. The van der Waals surface area contributed by atoms with Crippen LogP contribution in [0.25, 0.3) is 16.6 Å². The van der Waals surface area contributed by atoms with Gasteiger partial charge < -0.3 is 10.8 Å². The molecular formula is C21H19FN2O3. The highest BCUT2D eigenvalue weighted by molar-refractivity contribution is 5.89. The predicted molar refractivity (Wildman–Crippen MR) is 101 cm³/mol. The topological polar surface area (TPSA) is 84.8 Å². The van der Waals surface area contributed by atoms with Crippen LogP contribution >= 0.6 is 0 Å². The molecular weight excluding hydrogens is 347 g/mol. The fourth-order valence-electron chi connectivity index (χ4n) is 3.65. The Morgan fingerprint density at radius 2 is 2.04 bits per heavy atom. The maximum atomic E-state index is 14.2. The number of nitrogens with zero attached hydrogens (tertiary/aromatic N) is 1. The van der Waals surface area contributed by atoms with Crippen molar-refractivity contribution in [3.63, 3.8) is 0 Å². The molecule has 2 heterocycles. The summed E-state index contributed by atoms with van der Waals surface area (Å²) in [6, 6.07) is 8.15. The highest BCUT2D eigenvalue weighted by Crippen LogP contribution is 2.43. The molecule has 27 heavy (non-hydrogen) atoms. The number of hydrogen-bond acceptors (Lipinski definition) is 3. The molecule has 0 saturated heterocycles. The molecule has 1 aliphatic carbocycles. The number of carbonyl (C=O) groups is 1. The Labute approximate surface area is 154 Å². The summed E-state index contributed by atoms with van der Waals surface area (Å²) in [6.07, 6.45) is 3.51. The van der Waals surface area contributed by atoms with Gasteiger partial charge in [-0.2, -0.15) is 0 Å². The molecule has 4 rings (SSSR count). The second-order valence-electron chi connectivity index (χ2n) is 6.98. The first-order valence-electron chi connectivity index (χ1n) is 8.83. The van der Waals surface area contributed by atoms with E-state index in [0.717, 1.165) is 29.5 Å². The zero-order chi connectivity index (χ0) is 19.3. The van der Waals surface area contributed by atoms with E-state index in [1.807, 2.05) is 13.0 Å². The summed E-state index contributed by atoms with van der Waals surface area (Å²) >= 11 is 0. The minimum Gasteiger partial charge on any atom is -0.477 e. The fraction of sp³-hybridized carbons (Fsp3) is 0.238. The Hall–Kier alpha value is -2.99. The van der Waals surface area contributed by atoms with Crippen molar-refractivity contribution in [2.24, 2.45) is 5.73 Å². The van der Waals surface area contributed by atoms with E-state index in [1.54, 1.807) is 18.3 Å². The van der Waals surface area contributed by atoms with Crippen LogP contribution in [-0.4, -0.2) is 15.5 Å². The maximum absolute atomic E-state index is 14.2. The van der Waals surface area contributed by atoms with Crippen molar-refractivity contribution in [3.05, 3.63) is 75.0 Å². The second kappa shape index (κ2) is 6.32. The number of carboxylic acids is 1. The molecule has 1 aliphatic rings. The van der Waals surface area contributed by atoms with Gasteiger partial charge in [-0.1, -0.05) is 12.1 Å². The van der Waals surface area contributed by atoms with Gasteiger partial charge in [0.15, 0.2) is 0 Å². The molecule has 1 fully saturated rings. The molecule has 0 bridgehead atoms. The number of hydrogen-bond donors (Lipinski definition) is 2. The number of rotatable bonds is 4. The molecule has 3 N–H and O–H groups in total. The minimum atomic E-state index is -1.22. The minimum absolute atomic E-state index is 0.127. The van der Waals surface area contributed by atoms with E-state index in [2.05, 4.69) is 0 Å². The van der Waals surface area contributed by atoms with Gasteiger partial charge in [-0.25, -0.2) is 9.18 Å². The van der Waals surface area contributed by atoms with Crippen LogP contribution in [0.3, 0.4) is 0 Å². The molecule has 5 nitrogen and oxygen atoms in total. The summed E-state index contributed by atoms with van der Waals surface area (Å²) in [5.74, 6) is -1.34. The molecule has 6 heteroatoms. The average molecular weight is 366 g/mol. The van der Waals surface area contributed by atoms with Crippen LogP contribution in [0.2, 0.25) is 0 Å². The van der Waals surface area contributed by atoms with Crippen molar-refractivity contribution in [1.29, 1.82) is 0 Å². The van der Waals surface area contributed by atoms with E-state index in [9.17, 15) is 19.1 Å². The first-order valence-corrected chi connectivity index (χ1v) is 8.83. The third-order valence-corrected chi connectivity index (χ3v) is 5.24. The van der Waals surface area contributed by atoms with Gasteiger partial charge in [0.05, 0.1) is 5.52 Å². The van der Waals surface area contributed by atoms with E-state index in [0.29, 0.717) is 16.6 Å². The zero-order valence-corrected chi connectivity index (χ0v) is 14.8. The summed E-state index contributed by atoms with van der Waals surface area (Å²) in [7, 11) is 0. The lowest BCUT2D eigenvalue weighted by Crippen LogP contribution is -2.23. The van der Waals surface area contributed by atoms with Crippen LogP contribution in [0.1, 0.15) is 45.8 Å². The number of carboxylic acid groups (broad SMARTS) is 1. The molecule has 0 radical (unpaired) electrons. The van der Waals surface area contributed by atoms with E-state index in [4.69, 9.17) is 5.73 Å². The monoisotopic (exact) mass is 366 g/mol. The van der Waals surface area contributed by atoms with E-state index in [-0.39, 0.29) is 23.8 Å². The van der Waals surface area contributed by atoms with Crippen molar-refractivity contribution < 1.29 is 14.3 Å². The number of pyridine rings is 2.